The summed E-state index contributed by atoms with van der Waals surface area (Å²) in [5.41, 5.74) is 2.37. The number of carbonyl (C=O) groups excluding carboxylic acids is 1. The van der Waals surface area contributed by atoms with Gasteiger partial charge in [-0.05, 0) is 30.7 Å². The van der Waals surface area contributed by atoms with Gasteiger partial charge in [-0.25, -0.2) is 0 Å². The highest BCUT2D eigenvalue weighted by Crippen LogP contribution is 2.30. The number of aryl methyl sites for hydroxylation is 1. The molecule has 0 fully saturated rings. The van der Waals surface area contributed by atoms with E-state index in [1.807, 2.05) is 19.1 Å². The summed E-state index contributed by atoms with van der Waals surface area (Å²) in [4.78, 5) is 16.8. The minimum absolute atomic E-state index is 0.235. The van der Waals surface area contributed by atoms with Crippen LogP contribution in [0.4, 0.5) is 5.69 Å². The third-order valence-electron chi connectivity index (χ3n) is 3.54. The molecular formula is C17H11Cl3N2O. The quantitative estimate of drug-likeness (QED) is 0.627. The van der Waals surface area contributed by atoms with E-state index in [2.05, 4.69) is 10.3 Å². The van der Waals surface area contributed by atoms with Crippen molar-refractivity contribution in [3.8, 4) is 0 Å². The normalized spacial score (nSPS) is 10.8. The van der Waals surface area contributed by atoms with Gasteiger partial charge in [0.2, 0.25) is 0 Å². The van der Waals surface area contributed by atoms with E-state index in [0.717, 1.165) is 10.9 Å². The second-order valence-electron chi connectivity index (χ2n) is 4.98. The Balaban J connectivity index is 2.06. The van der Waals surface area contributed by atoms with Gasteiger partial charge in [-0.15, -0.1) is 0 Å². The summed E-state index contributed by atoms with van der Waals surface area (Å²) in [5, 5.41) is 4.86. The van der Waals surface area contributed by atoms with Crippen molar-refractivity contribution < 1.29 is 4.79 Å². The fraction of sp³-hybridized carbons (Fsp3) is 0.0588. The van der Waals surface area contributed by atoms with Crippen LogP contribution in [0.2, 0.25) is 15.1 Å². The maximum atomic E-state index is 12.5. The standard InChI is InChI=1S/C17H11Cl3N2O/c1-9-10-4-2-7-14(16(10)21-8-13(9)20)22-17(23)15-11(18)5-3-6-12(15)19/h2-8H,1H3,(H,22,23). The lowest BCUT2D eigenvalue weighted by atomic mass is 10.1. The van der Waals surface area contributed by atoms with E-state index in [1.54, 1.807) is 30.5 Å². The van der Waals surface area contributed by atoms with Crippen LogP contribution in [0.15, 0.2) is 42.6 Å². The molecule has 1 amide bonds. The highest BCUT2D eigenvalue weighted by Gasteiger charge is 2.16. The SMILES string of the molecule is Cc1c(Cl)cnc2c(NC(=O)c3c(Cl)cccc3Cl)cccc12. The fourth-order valence-corrected chi connectivity index (χ4v) is 3.05. The van der Waals surface area contributed by atoms with E-state index in [-0.39, 0.29) is 11.5 Å². The summed E-state index contributed by atoms with van der Waals surface area (Å²) in [6.07, 6.45) is 1.57. The predicted molar refractivity (Wildman–Crippen MR) is 95.9 cm³/mol. The van der Waals surface area contributed by atoms with E-state index >= 15 is 0 Å². The number of rotatable bonds is 2. The van der Waals surface area contributed by atoms with Crippen LogP contribution in [-0.2, 0) is 0 Å². The number of hydrogen-bond acceptors (Lipinski definition) is 2. The molecule has 116 valence electrons. The Bertz CT molecular complexity index is 905. The molecule has 3 aromatic rings. The second-order valence-corrected chi connectivity index (χ2v) is 6.21. The number of carbonyl (C=O) groups is 1. The minimum Gasteiger partial charge on any atom is -0.320 e. The molecule has 1 heterocycles. The highest BCUT2D eigenvalue weighted by molar-refractivity contribution is 6.40. The first-order valence-electron chi connectivity index (χ1n) is 6.78. The summed E-state index contributed by atoms with van der Waals surface area (Å²) in [5.74, 6) is -0.387. The van der Waals surface area contributed by atoms with Crippen molar-refractivity contribution in [1.82, 2.24) is 4.98 Å². The van der Waals surface area contributed by atoms with E-state index in [1.165, 1.54) is 0 Å². The van der Waals surface area contributed by atoms with Gasteiger partial charge in [0.25, 0.3) is 5.91 Å². The Labute approximate surface area is 148 Å². The molecule has 0 aliphatic rings. The molecule has 23 heavy (non-hydrogen) atoms. The molecule has 0 radical (unpaired) electrons. The molecule has 6 heteroatoms. The number of para-hydroxylation sites is 1. The molecule has 0 saturated carbocycles. The number of anilines is 1. The third-order valence-corrected chi connectivity index (χ3v) is 4.55. The summed E-state index contributed by atoms with van der Waals surface area (Å²) in [6, 6.07) is 10.4. The maximum absolute atomic E-state index is 12.5. The Hall–Kier alpha value is -1.81. The smallest absolute Gasteiger partial charge is 0.258 e. The first kappa shape index (κ1) is 16.1. The fourth-order valence-electron chi connectivity index (χ4n) is 2.33. The van der Waals surface area contributed by atoms with Gasteiger partial charge in [0.05, 0.1) is 31.8 Å². The Morgan fingerprint density at radius 2 is 1.65 bits per heavy atom. The van der Waals surface area contributed by atoms with Crippen LogP contribution < -0.4 is 5.32 Å². The van der Waals surface area contributed by atoms with Crippen LogP contribution >= 0.6 is 34.8 Å². The number of amides is 1. The largest absolute Gasteiger partial charge is 0.320 e. The van der Waals surface area contributed by atoms with Gasteiger partial charge in [-0.1, -0.05) is 53.0 Å². The van der Waals surface area contributed by atoms with Crippen molar-refractivity contribution in [3.63, 3.8) is 0 Å². The average molecular weight is 366 g/mol. The van der Waals surface area contributed by atoms with Crippen LogP contribution in [0.3, 0.4) is 0 Å². The molecule has 0 aliphatic heterocycles. The van der Waals surface area contributed by atoms with Crippen LogP contribution in [0.25, 0.3) is 10.9 Å². The van der Waals surface area contributed by atoms with Crippen LogP contribution in [0, 0.1) is 6.92 Å². The van der Waals surface area contributed by atoms with E-state index in [0.29, 0.717) is 26.3 Å². The lowest BCUT2D eigenvalue weighted by Crippen LogP contribution is -2.13. The summed E-state index contributed by atoms with van der Waals surface area (Å²) in [7, 11) is 0. The summed E-state index contributed by atoms with van der Waals surface area (Å²) in [6.45, 7) is 1.91. The minimum atomic E-state index is -0.387. The summed E-state index contributed by atoms with van der Waals surface area (Å²) < 4.78 is 0. The summed E-state index contributed by atoms with van der Waals surface area (Å²) >= 11 is 18.3. The Kier molecular flexibility index (Phi) is 4.44. The topological polar surface area (TPSA) is 42.0 Å². The number of hydrogen-bond donors (Lipinski definition) is 1. The van der Waals surface area contributed by atoms with Crippen molar-refractivity contribution in [1.29, 1.82) is 0 Å². The zero-order valence-electron chi connectivity index (χ0n) is 12.0. The Morgan fingerprint density at radius 3 is 2.35 bits per heavy atom. The van der Waals surface area contributed by atoms with E-state index < -0.39 is 0 Å². The van der Waals surface area contributed by atoms with Gasteiger partial charge in [0.1, 0.15) is 0 Å². The van der Waals surface area contributed by atoms with Crippen molar-refractivity contribution in [3.05, 3.63) is 68.8 Å². The molecule has 3 nitrogen and oxygen atoms in total. The van der Waals surface area contributed by atoms with E-state index in [9.17, 15) is 4.79 Å². The molecule has 1 aromatic heterocycles. The van der Waals surface area contributed by atoms with Gasteiger partial charge < -0.3 is 5.32 Å². The molecule has 0 unspecified atom stereocenters. The molecule has 0 spiro atoms. The number of nitrogens with one attached hydrogen (secondary N) is 1. The molecule has 1 N–H and O–H groups in total. The number of aromatic nitrogens is 1. The van der Waals surface area contributed by atoms with Crippen molar-refractivity contribution in [2.75, 3.05) is 5.32 Å². The van der Waals surface area contributed by atoms with Crippen molar-refractivity contribution >= 4 is 57.3 Å². The number of halogens is 3. The first-order valence-corrected chi connectivity index (χ1v) is 7.91. The van der Waals surface area contributed by atoms with E-state index in [4.69, 9.17) is 34.8 Å². The number of benzene rings is 2. The van der Waals surface area contributed by atoms with Crippen molar-refractivity contribution in [2.24, 2.45) is 0 Å². The lowest BCUT2D eigenvalue weighted by Gasteiger charge is -2.11. The number of pyridine rings is 1. The van der Waals surface area contributed by atoms with Crippen LogP contribution in [0.1, 0.15) is 15.9 Å². The van der Waals surface area contributed by atoms with Crippen LogP contribution in [-0.4, -0.2) is 10.9 Å². The van der Waals surface area contributed by atoms with Gasteiger partial charge in [0, 0.05) is 11.6 Å². The molecule has 0 atom stereocenters. The molecule has 0 saturated heterocycles. The maximum Gasteiger partial charge on any atom is 0.258 e. The lowest BCUT2D eigenvalue weighted by molar-refractivity contribution is 0.102. The molecular weight excluding hydrogens is 355 g/mol. The van der Waals surface area contributed by atoms with Gasteiger partial charge in [0.15, 0.2) is 0 Å². The van der Waals surface area contributed by atoms with Gasteiger partial charge in [-0.2, -0.15) is 0 Å². The molecule has 0 bridgehead atoms. The van der Waals surface area contributed by atoms with Crippen molar-refractivity contribution in [2.45, 2.75) is 6.92 Å². The molecule has 3 rings (SSSR count). The number of fused-ring (bicyclic) bond motifs is 1. The first-order chi connectivity index (χ1) is 11.0. The van der Waals surface area contributed by atoms with Gasteiger partial charge in [-0.3, -0.25) is 9.78 Å². The molecule has 2 aromatic carbocycles. The predicted octanol–water partition coefficient (Wildman–Crippen LogP) is 5.76. The average Bonchev–Trinajstić information content (AvgIpc) is 2.51. The van der Waals surface area contributed by atoms with Crippen LogP contribution in [0.5, 0.6) is 0 Å². The highest BCUT2D eigenvalue weighted by atomic mass is 35.5. The van der Waals surface area contributed by atoms with Gasteiger partial charge >= 0.3 is 0 Å². The Morgan fingerprint density at radius 1 is 1.00 bits per heavy atom. The third kappa shape index (κ3) is 3.00. The zero-order valence-corrected chi connectivity index (χ0v) is 14.3. The monoisotopic (exact) mass is 364 g/mol. The second kappa shape index (κ2) is 6.36. The molecule has 0 aliphatic carbocycles. The number of nitrogens with zero attached hydrogens (tertiary/aromatic N) is 1. The zero-order chi connectivity index (χ0) is 16.6.